The number of furan rings is 1. The van der Waals surface area contributed by atoms with Crippen molar-refractivity contribution in [3.05, 3.63) is 194 Å². The molecule has 0 aliphatic rings. The van der Waals surface area contributed by atoms with Gasteiger partial charge in [0.05, 0.1) is 0 Å². The third-order valence-electron chi connectivity index (χ3n) is 11.1. The minimum Gasteiger partial charge on any atom is -0.455 e. The van der Waals surface area contributed by atoms with Crippen molar-refractivity contribution in [3.63, 3.8) is 0 Å². The molecule has 0 saturated heterocycles. The van der Waals surface area contributed by atoms with Crippen LogP contribution in [0.4, 0.5) is 0 Å². The largest absolute Gasteiger partial charge is 0.455 e. The van der Waals surface area contributed by atoms with Gasteiger partial charge < -0.3 is 4.42 Å². The van der Waals surface area contributed by atoms with E-state index in [1.54, 1.807) is 0 Å². The van der Waals surface area contributed by atoms with Crippen LogP contribution in [0.5, 0.6) is 0 Å². The van der Waals surface area contributed by atoms with E-state index in [2.05, 4.69) is 194 Å². The fraction of sp³-hybridized carbons (Fsp3) is 0. The predicted octanol–water partition coefficient (Wildman–Crippen LogP) is 14.9. The first-order valence-electron chi connectivity index (χ1n) is 18.3. The van der Waals surface area contributed by atoms with Crippen LogP contribution in [0, 0.1) is 0 Å². The number of rotatable bonds is 4. The summed E-state index contributed by atoms with van der Waals surface area (Å²) in [6, 6.07) is 70.4. The second-order valence-corrected chi connectivity index (χ2v) is 13.9. The van der Waals surface area contributed by atoms with E-state index < -0.39 is 0 Å². The van der Waals surface area contributed by atoms with E-state index in [4.69, 9.17) is 4.42 Å². The SMILES string of the molecule is c1ccc(-c2cccc(-c3ccccc3)c2-c2c3ccccc3c(-c3cc4oc5c6ccccc6ccc5c4c4ccccc34)c3ccccc23)cc1. The lowest BCUT2D eigenvalue weighted by atomic mass is 9.80. The average molecular weight is 673 g/mol. The van der Waals surface area contributed by atoms with Gasteiger partial charge in [-0.1, -0.05) is 182 Å². The molecule has 0 saturated carbocycles. The van der Waals surface area contributed by atoms with Crippen LogP contribution in [0.15, 0.2) is 199 Å². The van der Waals surface area contributed by atoms with Gasteiger partial charge in [0.15, 0.2) is 0 Å². The summed E-state index contributed by atoms with van der Waals surface area (Å²) >= 11 is 0. The number of hydrogen-bond acceptors (Lipinski definition) is 1. The molecule has 0 unspecified atom stereocenters. The molecule has 0 radical (unpaired) electrons. The van der Waals surface area contributed by atoms with Gasteiger partial charge in [-0.3, -0.25) is 0 Å². The first-order chi connectivity index (χ1) is 26.3. The Morgan fingerprint density at radius 3 is 1.38 bits per heavy atom. The van der Waals surface area contributed by atoms with E-state index in [-0.39, 0.29) is 0 Å². The standard InChI is InChI=1S/C52H32O/c1-3-16-33(17-4-1)36-28-15-29-37(34-18-5-2-6-19-34)50(36)51-43-26-13-11-24-41(43)48(42-25-12-14-27-44(42)51)46-32-47-49(40-23-10-9-22-39(40)46)45-31-30-35-20-7-8-21-38(35)52(45)53-47/h1-32H. The molecule has 246 valence electrons. The average Bonchev–Trinajstić information content (AvgIpc) is 3.62. The molecule has 11 aromatic rings. The molecule has 0 aliphatic heterocycles. The Kier molecular flexibility index (Phi) is 6.62. The highest BCUT2D eigenvalue weighted by molar-refractivity contribution is 6.30. The maximum atomic E-state index is 6.88. The van der Waals surface area contributed by atoms with Gasteiger partial charge in [-0.15, -0.1) is 0 Å². The summed E-state index contributed by atoms with van der Waals surface area (Å²) in [5, 5.41) is 11.9. The molecule has 1 nitrogen and oxygen atoms in total. The molecule has 0 atom stereocenters. The van der Waals surface area contributed by atoms with Gasteiger partial charge in [0.25, 0.3) is 0 Å². The predicted molar refractivity (Wildman–Crippen MR) is 225 cm³/mol. The molecule has 0 N–H and O–H groups in total. The Balaban J connectivity index is 1.29. The van der Waals surface area contributed by atoms with Gasteiger partial charge in [-0.25, -0.2) is 0 Å². The van der Waals surface area contributed by atoms with Crippen molar-refractivity contribution >= 4 is 65.0 Å². The highest BCUT2D eigenvalue weighted by Crippen LogP contribution is 2.51. The minimum atomic E-state index is 0.906. The van der Waals surface area contributed by atoms with Crippen molar-refractivity contribution in [1.29, 1.82) is 0 Å². The van der Waals surface area contributed by atoms with Crippen LogP contribution in [0.25, 0.3) is 110 Å². The summed E-state index contributed by atoms with van der Waals surface area (Å²) in [5.41, 5.74) is 11.6. The third-order valence-corrected chi connectivity index (χ3v) is 11.1. The molecule has 0 bridgehead atoms. The summed E-state index contributed by atoms with van der Waals surface area (Å²) in [6.45, 7) is 0. The summed E-state index contributed by atoms with van der Waals surface area (Å²) < 4.78 is 6.88. The van der Waals surface area contributed by atoms with Crippen LogP contribution in [-0.4, -0.2) is 0 Å². The molecular weight excluding hydrogens is 641 g/mol. The van der Waals surface area contributed by atoms with Gasteiger partial charge in [0.1, 0.15) is 11.2 Å². The molecule has 53 heavy (non-hydrogen) atoms. The quantitative estimate of drug-likeness (QED) is 0.170. The van der Waals surface area contributed by atoms with Crippen molar-refractivity contribution in [2.24, 2.45) is 0 Å². The minimum absolute atomic E-state index is 0.906. The smallest absolute Gasteiger partial charge is 0.143 e. The monoisotopic (exact) mass is 672 g/mol. The third kappa shape index (κ3) is 4.51. The summed E-state index contributed by atoms with van der Waals surface area (Å²) in [6.07, 6.45) is 0. The highest BCUT2D eigenvalue weighted by Gasteiger charge is 2.24. The second-order valence-electron chi connectivity index (χ2n) is 13.9. The van der Waals surface area contributed by atoms with Crippen LogP contribution < -0.4 is 0 Å². The topological polar surface area (TPSA) is 13.1 Å². The Morgan fingerprint density at radius 2 is 0.774 bits per heavy atom. The van der Waals surface area contributed by atoms with Crippen LogP contribution in [-0.2, 0) is 0 Å². The lowest BCUT2D eigenvalue weighted by Gasteiger charge is -2.23. The van der Waals surface area contributed by atoms with E-state index in [9.17, 15) is 0 Å². The lowest BCUT2D eigenvalue weighted by Crippen LogP contribution is -1.95. The molecular formula is C52H32O. The van der Waals surface area contributed by atoms with Crippen LogP contribution in [0.1, 0.15) is 0 Å². The zero-order valence-electron chi connectivity index (χ0n) is 28.9. The van der Waals surface area contributed by atoms with Gasteiger partial charge in [-0.2, -0.15) is 0 Å². The van der Waals surface area contributed by atoms with Crippen molar-refractivity contribution in [3.8, 4) is 44.5 Å². The van der Waals surface area contributed by atoms with Crippen molar-refractivity contribution < 1.29 is 4.42 Å². The van der Waals surface area contributed by atoms with Gasteiger partial charge in [-0.05, 0) is 94.3 Å². The Morgan fingerprint density at radius 1 is 0.283 bits per heavy atom. The van der Waals surface area contributed by atoms with E-state index in [0.717, 1.165) is 21.9 Å². The normalized spacial score (nSPS) is 11.8. The first-order valence-corrected chi connectivity index (χ1v) is 18.3. The Bertz CT molecular complexity index is 3090. The maximum Gasteiger partial charge on any atom is 0.143 e. The Hall–Kier alpha value is -6.96. The van der Waals surface area contributed by atoms with E-state index in [0.29, 0.717) is 0 Å². The van der Waals surface area contributed by atoms with Crippen LogP contribution in [0.2, 0.25) is 0 Å². The second kappa shape index (κ2) is 11.8. The number of benzene rings is 10. The molecule has 1 heteroatoms. The summed E-state index contributed by atoms with van der Waals surface area (Å²) in [7, 11) is 0. The summed E-state index contributed by atoms with van der Waals surface area (Å²) in [4.78, 5) is 0. The van der Waals surface area contributed by atoms with E-state index in [1.165, 1.54) is 87.6 Å². The summed E-state index contributed by atoms with van der Waals surface area (Å²) in [5.74, 6) is 0. The molecule has 0 aliphatic carbocycles. The highest BCUT2D eigenvalue weighted by atomic mass is 16.3. The number of hydrogen-bond donors (Lipinski definition) is 0. The lowest BCUT2D eigenvalue weighted by molar-refractivity contribution is 0.673. The molecule has 0 fully saturated rings. The molecule has 1 aromatic heterocycles. The number of fused-ring (bicyclic) bond motifs is 9. The fourth-order valence-electron chi connectivity index (χ4n) is 8.80. The molecule has 1 heterocycles. The molecule has 0 amide bonds. The zero-order chi connectivity index (χ0) is 34.9. The maximum absolute atomic E-state index is 6.88. The zero-order valence-corrected chi connectivity index (χ0v) is 28.9. The first kappa shape index (κ1) is 29.7. The van der Waals surface area contributed by atoms with Gasteiger partial charge in [0.2, 0.25) is 0 Å². The Labute approximate surface area is 307 Å². The van der Waals surface area contributed by atoms with Gasteiger partial charge in [0, 0.05) is 16.2 Å². The molecule has 0 spiro atoms. The van der Waals surface area contributed by atoms with E-state index >= 15 is 0 Å². The molecule has 10 aromatic carbocycles. The molecule has 11 rings (SSSR count). The van der Waals surface area contributed by atoms with E-state index in [1.807, 2.05) is 0 Å². The van der Waals surface area contributed by atoms with Crippen molar-refractivity contribution in [2.45, 2.75) is 0 Å². The van der Waals surface area contributed by atoms with Crippen molar-refractivity contribution in [2.75, 3.05) is 0 Å². The fourth-order valence-corrected chi connectivity index (χ4v) is 8.80. The van der Waals surface area contributed by atoms with Crippen LogP contribution in [0.3, 0.4) is 0 Å². The van der Waals surface area contributed by atoms with Crippen LogP contribution >= 0.6 is 0 Å². The van der Waals surface area contributed by atoms with Gasteiger partial charge >= 0.3 is 0 Å². The van der Waals surface area contributed by atoms with Crippen molar-refractivity contribution in [1.82, 2.24) is 0 Å².